The van der Waals surface area contributed by atoms with Crippen molar-refractivity contribution >= 4 is 34.2 Å². The van der Waals surface area contributed by atoms with Crippen LogP contribution in [0.1, 0.15) is 29.3 Å². The van der Waals surface area contributed by atoms with E-state index in [0.29, 0.717) is 35.7 Å². The average molecular weight is 550 g/mol. The first kappa shape index (κ1) is 26.6. The molecule has 0 spiro atoms. The molecule has 2 aromatic heterocycles. The molecule has 0 bridgehead atoms. The molecule has 0 radical (unpaired) electrons. The van der Waals surface area contributed by atoms with Crippen molar-refractivity contribution in [2.45, 2.75) is 38.1 Å². The van der Waals surface area contributed by atoms with Gasteiger partial charge in [-0.1, -0.05) is 23.4 Å². The van der Waals surface area contributed by atoms with Gasteiger partial charge in [-0.2, -0.15) is 0 Å². The number of methoxy groups -OCH3 is 2. The zero-order valence-electron chi connectivity index (χ0n) is 21.9. The molecule has 39 heavy (non-hydrogen) atoms. The van der Waals surface area contributed by atoms with E-state index in [1.165, 1.54) is 18.4 Å². The summed E-state index contributed by atoms with van der Waals surface area (Å²) in [5.41, 5.74) is 1.98. The summed E-state index contributed by atoms with van der Waals surface area (Å²) >= 11 is 1.52. The molecule has 3 heterocycles. The maximum atomic E-state index is 14.1. The van der Waals surface area contributed by atoms with E-state index in [9.17, 15) is 9.59 Å². The van der Waals surface area contributed by atoms with Crippen LogP contribution < -0.4 is 14.8 Å². The summed E-state index contributed by atoms with van der Waals surface area (Å²) in [5, 5.41) is 13.4. The molecule has 10 nitrogen and oxygen atoms in total. The van der Waals surface area contributed by atoms with Gasteiger partial charge in [-0.3, -0.25) is 9.59 Å². The second-order valence-electron chi connectivity index (χ2n) is 9.23. The Hall–Kier alpha value is -3.96. The van der Waals surface area contributed by atoms with Gasteiger partial charge in [-0.15, -0.1) is 16.4 Å². The van der Waals surface area contributed by atoms with E-state index < -0.39 is 6.04 Å². The molecule has 1 fully saturated rings. The van der Waals surface area contributed by atoms with Crippen LogP contribution in [-0.4, -0.2) is 65.2 Å². The number of nitrogens with zero attached hydrogens (tertiary/aromatic N) is 4. The van der Waals surface area contributed by atoms with Gasteiger partial charge in [-0.25, -0.2) is 4.68 Å². The van der Waals surface area contributed by atoms with Gasteiger partial charge < -0.3 is 24.4 Å². The third-order valence-corrected chi connectivity index (χ3v) is 7.62. The van der Waals surface area contributed by atoms with Crippen molar-refractivity contribution in [3.63, 3.8) is 0 Å². The second kappa shape index (κ2) is 12.3. The number of benzene rings is 2. The number of rotatable bonds is 11. The maximum absolute atomic E-state index is 14.1. The number of ether oxygens (including phenoxy) is 3. The Labute approximate surface area is 230 Å². The van der Waals surface area contributed by atoms with E-state index in [1.807, 2.05) is 41.8 Å². The lowest BCUT2D eigenvalue weighted by molar-refractivity contribution is -0.142. The Morgan fingerprint density at radius 3 is 2.79 bits per heavy atom. The summed E-state index contributed by atoms with van der Waals surface area (Å²) in [4.78, 5) is 30.5. The van der Waals surface area contributed by atoms with Crippen molar-refractivity contribution in [1.82, 2.24) is 25.2 Å². The Balaban J connectivity index is 1.53. The van der Waals surface area contributed by atoms with Crippen LogP contribution in [0.5, 0.6) is 11.5 Å². The third-order valence-electron chi connectivity index (χ3n) is 6.76. The monoisotopic (exact) mass is 549 g/mol. The van der Waals surface area contributed by atoms with E-state index in [-0.39, 0.29) is 31.0 Å². The molecule has 1 aliphatic heterocycles. The molecule has 1 saturated heterocycles. The predicted molar refractivity (Wildman–Crippen MR) is 147 cm³/mol. The lowest BCUT2D eigenvalue weighted by atomic mass is 10.0. The van der Waals surface area contributed by atoms with E-state index in [0.717, 1.165) is 23.2 Å². The number of hydrogen-bond donors (Lipinski definition) is 1. The van der Waals surface area contributed by atoms with Crippen LogP contribution in [-0.2, 0) is 27.4 Å². The Morgan fingerprint density at radius 1 is 1.18 bits per heavy atom. The number of nitrogens with one attached hydrogen (secondary N) is 1. The van der Waals surface area contributed by atoms with E-state index in [2.05, 4.69) is 15.6 Å². The van der Waals surface area contributed by atoms with Crippen molar-refractivity contribution in [3.05, 3.63) is 70.4 Å². The van der Waals surface area contributed by atoms with E-state index in [4.69, 9.17) is 14.2 Å². The molecule has 1 aliphatic rings. The standard InChI is InChI=1S/C28H31N5O5S/c1-36-19-11-12-22(25(15-19)37-2)27(28(35)29-16-20-7-5-13-38-20)32(17-21-8-6-14-39-21)26(34)18-33-24-10-4-3-9-23(24)30-31-33/h3-4,6,8-12,14-15,20,27H,5,7,13,16-18H2,1-2H3,(H,29,35). The zero-order chi connectivity index (χ0) is 27.2. The topological polar surface area (TPSA) is 108 Å². The first-order chi connectivity index (χ1) is 19.1. The van der Waals surface area contributed by atoms with Gasteiger partial charge in [0.15, 0.2) is 0 Å². The maximum Gasteiger partial charge on any atom is 0.247 e. The normalized spacial score (nSPS) is 15.7. The van der Waals surface area contributed by atoms with Gasteiger partial charge in [0, 0.05) is 29.7 Å². The second-order valence-corrected chi connectivity index (χ2v) is 10.3. The van der Waals surface area contributed by atoms with Crippen molar-refractivity contribution in [2.75, 3.05) is 27.4 Å². The number of fused-ring (bicyclic) bond motifs is 1. The molecule has 0 saturated carbocycles. The number of aromatic nitrogens is 3. The van der Waals surface area contributed by atoms with Crippen LogP contribution in [0.4, 0.5) is 0 Å². The number of thiophene rings is 1. The molecule has 2 unspecified atom stereocenters. The highest BCUT2D eigenvalue weighted by Gasteiger charge is 2.35. The van der Waals surface area contributed by atoms with Crippen LogP contribution in [0.2, 0.25) is 0 Å². The summed E-state index contributed by atoms with van der Waals surface area (Å²) in [6.45, 7) is 1.20. The number of carbonyl (C=O) groups is 2. The quantitative estimate of drug-likeness (QED) is 0.305. The number of para-hydroxylation sites is 1. The van der Waals surface area contributed by atoms with Crippen LogP contribution in [0.15, 0.2) is 60.0 Å². The first-order valence-electron chi connectivity index (χ1n) is 12.8. The number of amides is 2. The van der Waals surface area contributed by atoms with E-state index in [1.54, 1.807) is 34.9 Å². The highest BCUT2D eigenvalue weighted by Crippen LogP contribution is 2.35. The van der Waals surface area contributed by atoms with Gasteiger partial charge >= 0.3 is 0 Å². The third kappa shape index (κ3) is 6.04. The summed E-state index contributed by atoms with van der Waals surface area (Å²) in [5.74, 6) is 0.428. The van der Waals surface area contributed by atoms with Crippen LogP contribution >= 0.6 is 11.3 Å². The minimum Gasteiger partial charge on any atom is -0.497 e. The summed E-state index contributed by atoms with van der Waals surface area (Å²) in [7, 11) is 3.10. The SMILES string of the molecule is COc1ccc(C(C(=O)NCC2CCCO2)N(Cc2cccs2)C(=O)Cn2nnc3ccccc32)c(OC)c1. The number of hydrogen-bond acceptors (Lipinski definition) is 8. The van der Waals surface area contributed by atoms with Crippen LogP contribution in [0, 0.1) is 0 Å². The highest BCUT2D eigenvalue weighted by atomic mass is 32.1. The van der Waals surface area contributed by atoms with Crippen molar-refractivity contribution < 1.29 is 23.8 Å². The van der Waals surface area contributed by atoms with Gasteiger partial charge in [0.05, 0.1) is 32.4 Å². The van der Waals surface area contributed by atoms with Crippen LogP contribution in [0.25, 0.3) is 11.0 Å². The van der Waals surface area contributed by atoms with Crippen molar-refractivity contribution in [3.8, 4) is 11.5 Å². The molecule has 2 amide bonds. The Morgan fingerprint density at radius 2 is 2.05 bits per heavy atom. The van der Waals surface area contributed by atoms with E-state index >= 15 is 0 Å². The van der Waals surface area contributed by atoms with Crippen molar-refractivity contribution in [1.29, 1.82) is 0 Å². The zero-order valence-corrected chi connectivity index (χ0v) is 22.7. The molecular weight excluding hydrogens is 518 g/mol. The molecule has 2 atom stereocenters. The fourth-order valence-electron chi connectivity index (χ4n) is 4.76. The van der Waals surface area contributed by atoms with Crippen LogP contribution in [0.3, 0.4) is 0 Å². The molecule has 11 heteroatoms. The Bertz CT molecular complexity index is 1420. The highest BCUT2D eigenvalue weighted by molar-refractivity contribution is 7.09. The number of carbonyl (C=O) groups excluding carboxylic acids is 2. The smallest absolute Gasteiger partial charge is 0.247 e. The molecule has 1 N–H and O–H groups in total. The fourth-order valence-corrected chi connectivity index (χ4v) is 5.46. The lowest BCUT2D eigenvalue weighted by Crippen LogP contribution is -2.46. The Kier molecular flexibility index (Phi) is 8.38. The van der Waals surface area contributed by atoms with Gasteiger partial charge in [0.25, 0.3) is 0 Å². The summed E-state index contributed by atoms with van der Waals surface area (Å²) in [6.07, 6.45) is 1.80. The van der Waals surface area contributed by atoms with Gasteiger partial charge in [0.1, 0.15) is 29.6 Å². The largest absolute Gasteiger partial charge is 0.497 e. The minimum atomic E-state index is -0.975. The average Bonchev–Trinajstić information content (AvgIpc) is 3.75. The minimum absolute atomic E-state index is 0.0460. The predicted octanol–water partition coefficient (Wildman–Crippen LogP) is 3.58. The lowest BCUT2D eigenvalue weighted by Gasteiger charge is -2.32. The molecule has 4 aromatic rings. The molecular formula is C28H31N5O5S. The molecule has 0 aliphatic carbocycles. The van der Waals surface area contributed by atoms with Gasteiger partial charge in [0.2, 0.25) is 11.8 Å². The molecule has 204 valence electrons. The summed E-state index contributed by atoms with van der Waals surface area (Å²) < 4.78 is 18.3. The van der Waals surface area contributed by atoms with Gasteiger partial charge in [-0.05, 0) is 48.6 Å². The molecule has 2 aromatic carbocycles. The molecule has 5 rings (SSSR count). The van der Waals surface area contributed by atoms with Crippen molar-refractivity contribution in [2.24, 2.45) is 0 Å². The first-order valence-corrected chi connectivity index (χ1v) is 13.7. The summed E-state index contributed by atoms with van der Waals surface area (Å²) in [6, 6.07) is 15.6. The fraction of sp³-hybridized carbons (Fsp3) is 0.357.